The number of aromatic nitrogens is 3. The van der Waals surface area contributed by atoms with Crippen molar-refractivity contribution < 1.29 is 0 Å². The molecule has 0 aliphatic rings. The van der Waals surface area contributed by atoms with Crippen molar-refractivity contribution in [3.05, 3.63) is 40.9 Å². The summed E-state index contributed by atoms with van der Waals surface area (Å²) in [5, 5.41) is 0.689. The smallest absolute Gasteiger partial charge is 0.163 e. The van der Waals surface area contributed by atoms with Crippen LogP contribution in [0.4, 0.5) is 0 Å². The molecule has 2 rings (SSSR count). The lowest BCUT2D eigenvalue weighted by atomic mass is 10.1. The van der Waals surface area contributed by atoms with E-state index >= 15 is 0 Å². The second-order valence-electron chi connectivity index (χ2n) is 3.32. The maximum absolute atomic E-state index is 5.94. The average molecular weight is 220 g/mol. The lowest BCUT2D eigenvalue weighted by Gasteiger charge is -2.04. The van der Waals surface area contributed by atoms with Crippen molar-refractivity contribution in [2.45, 2.75) is 13.8 Å². The Balaban J connectivity index is 2.58. The first-order valence-corrected chi connectivity index (χ1v) is 4.97. The third-order valence-corrected chi connectivity index (χ3v) is 2.37. The number of aryl methyl sites for hydroxylation is 2. The molecule has 0 saturated carbocycles. The summed E-state index contributed by atoms with van der Waals surface area (Å²) in [5.74, 6) is 1.38. The Hall–Kier alpha value is -1.48. The average Bonchev–Trinajstić information content (AvgIpc) is 2.22. The highest BCUT2D eigenvalue weighted by Gasteiger charge is 2.05. The van der Waals surface area contributed by atoms with Crippen molar-refractivity contribution in [2.75, 3.05) is 0 Å². The number of hydrogen-bond donors (Lipinski definition) is 0. The van der Waals surface area contributed by atoms with Gasteiger partial charge in [-0.1, -0.05) is 17.7 Å². The second-order valence-corrected chi connectivity index (χ2v) is 3.75. The predicted molar refractivity (Wildman–Crippen MR) is 59.7 cm³/mol. The molecule has 0 fully saturated rings. The highest BCUT2D eigenvalue weighted by atomic mass is 35.5. The minimum absolute atomic E-state index is 0.669. The number of rotatable bonds is 1. The Kier molecular flexibility index (Phi) is 2.64. The van der Waals surface area contributed by atoms with Crippen LogP contribution in [0.15, 0.2) is 24.5 Å². The number of nitrogens with zero attached hydrogens (tertiary/aromatic N) is 3. The minimum atomic E-state index is 0.669. The van der Waals surface area contributed by atoms with E-state index in [9.17, 15) is 0 Å². The van der Waals surface area contributed by atoms with Gasteiger partial charge in [0.1, 0.15) is 12.2 Å². The third kappa shape index (κ3) is 2.13. The van der Waals surface area contributed by atoms with Gasteiger partial charge in [-0.15, -0.1) is 0 Å². The molecule has 0 atom stereocenters. The van der Waals surface area contributed by atoms with Crippen molar-refractivity contribution in [1.82, 2.24) is 15.0 Å². The van der Waals surface area contributed by atoms with Crippen LogP contribution in [0.2, 0.25) is 5.02 Å². The van der Waals surface area contributed by atoms with Gasteiger partial charge in [-0.3, -0.25) is 0 Å². The normalized spacial score (nSPS) is 10.3. The van der Waals surface area contributed by atoms with Gasteiger partial charge in [0.2, 0.25) is 0 Å². The molecular weight excluding hydrogens is 210 g/mol. The summed E-state index contributed by atoms with van der Waals surface area (Å²) in [5.41, 5.74) is 2.05. The topological polar surface area (TPSA) is 38.7 Å². The van der Waals surface area contributed by atoms with Crippen molar-refractivity contribution in [1.29, 1.82) is 0 Å². The molecule has 0 bridgehead atoms. The number of halogens is 1. The van der Waals surface area contributed by atoms with Crippen molar-refractivity contribution >= 4 is 11.6 Å². The largest absolute Gasteiger partial charge is 0.222 e. The first-order chi connectivity index (χ1) is 7.16. The summed E-state index contributed by atoms with van der Waals surface area (Å²) in [4.78, 5) is 12.4. The standard InChI is InChI=1S/C11H10ClN3/c1-7-3-4-9(12)5-10(7)11-14-6-13-8(2)15-11/h3-6H,1-2H3. The molecule has 3 nitrogen and oxygen atoms in total. The fraction of sp³-hybridized carbons (Fsp3) is 0.182. The molecule has 0 N–H and O–H groups in total. The molecule has 1 aromatic heterocycles. The molecule has 0 saturated heterocycles. The Bertz CT molecular complexity index is 497. The van der Waals surface area contributed by atoms with Gasteiger partial charge in [-0.2, -0.15) is 0 Å². The van der Waals surface area contributed by atoms with E-state index in [-0.39, 0.29) is 0 Å². The minimum Gasteiger partial charge on any atom is -0.222 e. The summed E-state index contributed by atoms with van der Waals surface area (Å²) >= 11 is 5.94. The molecule has 4 heteroatoms. The van der Waals surface area contributed by atoms with E-state index in [0.717, 1.165) is 11.1 Å². The first kappa shape index (κ1) is 10.1. The van der Waals surface area contributed by atoms with E-state index in [1.807, 2.05) is 32.0 Å². The maximum Gasteiger partial charge on any atom is 0.163 e. The number of benzene rings is 1. The molecule has 1 aromatic carbocycles. The van der Waals surface area contributed by atoms with Gasteiger partial charge < -0.3 is 0 Å². The molecule has 2 aromatic rings. The van der Waals surface area contributed by atoms with Crippen LogP contribution in [-0.2, 0) is 0 Å². The number of hydrogen-bond acceptors (Lipinski definition) is 3. The van der Waals surface area contributed by atoms with Gasteiger partial charge in [-0.05, 0) is 31.5 Å². The molecule has 0 aliphatic heterocycles. The Labute approximate surface area is 93.2 Å². The van der Waals surface area contributed by atoms with Gasteiger partial charge in [-0.25, -0.2) is 15.0 Å². The third-order valence-electron chi connectivity index (χ3n) is 2.13. The molecule has 0 radical (unpaired) electrons. The van der Waals surface area contributed by atoms with Gasteiger partial charge in [0.05, 0.1) is 0 Å². The molecule has 1 heterocycles. The molecule has 0 spiro atoms. The summed E-state index contributed by atoms with van der Waals surface area (Å²) in [6.45, 7) is 3.84. The van der Waals surface area contributed by atoms with E-state index in [0.29, 0.717) is 16.7 Å². The fourth-order valence-electron chi connectivity index (χ4n) is 1.34. The van der Waals surface area contributed by atoms with Crippen LogP contribution in [0.1, 0.15) is 11.4 Å². The predicted octanol–water partition coefficient (Wildman–Crippen LogP) is 2.81. The zero-order chi connectivity index (χ0) is 10.8. The highest BCUT2D eigenvalue weighted by Crippen LogP contribution is 2.23. The zero-order valence-electron chi connectivity index (χ0n) is 8.53. The fourth-order valence-corrected chi connectivity index (χ4v) is 1.52. The second kappa shape index (κ2) is 3.95. The SMILES string of the molecule is Cc1ncnc(-c2cc(Cl)ccc2C)n1. The van der Waals surface area contributed by atoms with Crippen molar-refractivity contribution in [2.24, 2.45) is 0 Å². The lowest BCUT2D eigenvalue weighted by Crippen LogP contribution is -1.95. The van der Waals surface area contributed by atoms with Gasteiger partial charge >= 0.3 is 0 Å². The maximum atomic E-state index is 5.94. The van der Waals surface area contributed by atoms with E-state index < -0.39 is 0 Å². The zero-order valence-corrected chi connectivity index (χ0v) is 9.28. The van der Waals surface area contributed by atoms with Crippen LogP contribution in [0, 0.1) is 13.8 Å². The lowest BCUT2D eigenvalue weighted by molar-refractivity contribution is 0.981. The van der Waals surface area contributed by atoms with Gasteiger partial charge in [0.15, 0.2) is 5.82 Å². The summed E-state index contributed by atoms with van der Waals surface area (Å²) in [6.07, 6.45) is 1.51. The summed E-state index contributed by atoms with van der Waals surface area (Å²) in [6, 6.07) is 5.68. The summed E-state index contributed by atoms with van der Waals surface area (Å²) < 4.78 is 0. The highest BCUT2D eigenvalue weighted by molar-refractivity contribution is 6.30. The van der Waals surface area contributed by atoms with Crippen LogP contribution in [0.3, 0.4) is 0 Å². The summed E-state index contributed by atoms with van der Waals surface area (Å²) in [7, 11) is 0. The van der Waals surface area contributed by atoms with Gasteiger partial charge in [0, 0.05) is 10.6 Å². The molecule has 0 aliphatic carbocycles. The van der Waals surface area contributed by atoms with Gasteiger partial charge in [0.25, 0.3) is 0 Å². The van der Waals surface area contributed by atoms with Crippen LogP contribution < -0.4 is 0 Å². The van der Waals surface area contributed by atoms with Crippen LogP contribution >= 0.6 is 11.6 Å². The molecule has 15 heavy (non-hydrogen) atoms. The molecule has 76 valence electrons. The molecular formula is C11H10ClN3. The molecule has 0 unspecified atom stereocenters. The first-order valence-electron chi connectivity index (χ1n) is 4.59. The molecule has 0 amide bonds. The van der Waals surface area contributed by atoms with E-state index in [1.54, 1.807) is 0 Å². The quantitative estimate of drug-likeness (QED) is 0.740. The van der Waals surface area contributed by atoms with Crippen LogP contribution in [-0.4, -0.2) is 15.0 Å². The van der Waals surface area contributed by atoms with E-state index in [4.69, 9.17) is 11.6 Å². The van der Waals surface area contributed by atoms with E-state index in [1.165, 1.54) is 6.33 Å². The Morgan fingerprint density at radius 2 is 1.93 bits per heavy atom. The Morgan fingerprint density at radius 3 is 2.67 bits per heavy atom. The van der Waals surface area contributed by atoms with Crippen molar-refractivity contribution in [3.8, 4) is 11.4 Å². The van der Waals surface area contributed by atoms with Crippen molar-refractivity contribution in [3.63, 3.8) is 0 Å². The van der Waals surface area contributed by atoms with Crippen LogP contribution in [0.5, 0.6) is 0 Å². The van der Waals surface area contributed by atoms with Crippen LogP contribution in [0.25, 0.3) is 11.4 Å². The monoisotopic (exact) mass is 219 g/mol. The van der Waals surface area contributed by atoms with E-state index in [2.05, 4.69) is 15.0 Å². The Morgan fingerprint density at radius 1 is 1.13 bits per heavy atom.